The van der Waals surface area contributed by atoms with Gasteiger partial charge in [0.05, 0.1) is 22.2 Å². The zero-order valence-electron chi connectivity index (χ0n) is 12.3. The number of carbonyl (C=O) groups is 1. The summed E-state index contributed by atoms with van der Waals surface area (Å²) in [5.74, 6) is 0.00675. The molecule has 0 aliphatic carbocycles. The van der Waals surface area contributed by atoms with Crippen molar-refractivity contribution in [2.75, 3.05) is 6.54 Å². The van der Waals surface area contributed by atoms with Gasteiger partial charge < -0.3 is 11.1 Å². The van der Waals surface area contributed by atoms with Crippen LogP contribution >= 0.6 is 22.9 Å². The van der Waals surface area contributed by atoms with Gasteiger partial charge in [0, 0.05) is 11.6 Å². The van der Waals surface area contributed by atoms with Gasteiger partial charge in [-0.15, -0.1) is 11.3 Å². The third-order valence-electron chi connectivity index (χ3n) is 4.02. The van der Waals surface area contributed by atoms with Gasteiger partial charge in [-0.2, -0.15) is 0 Å². The Morgan fingerprint density at radius 1 is 1.43 bits per heavy atom. The van der Waals surface area contributed by atoms with Crippen LogP contribution in [0.5, 0.6) is 0 Å². The number of halogens is 1. The largest absolute Gasteiger partial charge is 0.349 e. The lowest BCUT2D eigenvalue weighted by Crippen LogP contribution is -2.45. The van der Waals surface area contributed by atoms with Gasteiger partial charge in [-0.1, -0.05) is 25.4 Å². The van der Waals surface area contributed by atoms with Crippen molar-refractivity contribution in [3.8, 4) is 0 Å². The molecule has 0 fully saturated rings. The molecule has 0 unspecified atom stereocenters. The van der Waals surface area contributed by atoms with Crippen molar-refractivity contribution in [2.24, 2.45) is 11.1 Å². The molecule has 1 amide bonds. The zero-order valence-corrected chi connectivity index (χ0v) is 13.9. The summed E-state index contributed by atoms with van der Waals surface area (Å²) in [6.45, 7) is 4.78. The summed E-state index contributed by atoms with van der Waals surface area (Å²) in [5.41, 5.74) is 6.18. The second-order valence-corrected chi connectivity index (χ2v) is 6.65. The molecule has 21 heavy (non-hydrogen) atoms. The summed E-state index contributed by atoms with van der Waals surface area (Å²) in [7, 11) is 0. The van der Waals surface area contributed by atoms with E-state index in [4.69, 9.17) is 17.3 Å². The fourth-order valence-electron chi connectivity index (χ4n) is 2.32. The molecular weight excluding hydrogens is 306 g/mol. The number of thiazole rings is 1. The van der Waals surface area contributed by atoms with Crippen molar-refractivity contribution in [3.63, 3.8) is 0 Å². The number of carbonyl (C=O) groups excluding carboxylic acids is 1. The number of rotatable bonds is 6. The van der Waals surface area contributed by atoms with Gasteiger partial charge in [-0.25, -0.2) is 4.98 Å². The van der Waals surface area contributed by atoms with Crippen molar-refractivity contribution in [1.29, 1.82) is 0 Å². The fraction of sp³-hybridized carbons (Fsp3) is 0.467. The van der Waals surface area contributed by atoms with Crippen molar-refractivity contribution in [3.05, 3.63) is 28.2 Å². The van der Waals surface area contributed by atoms with Gasteiger partial charge in [0.15, 0.2) is 0 Å². The topological polar surface area (TPSA) is 68.0 Å². The first-order valence-electron chi connectivity index (χ1n) is 7.08. The third kappa shape index (κ3) is 3.36. The van der Waals surface area contributed by atoms with Crippen LogP contribution in [-0.2, 0) is 11.3 Å². The van der Waals surface area contributed by atoms with E-state index in [1.54, 1.807) is 11.3 Å². The minimum Gasteiger partial charge on any atom is -0.349 e. The van der Waals surface area contributed by atoms with Gasteiger partial charge in [0.1, 0.15) is 5.01 Å². The van der Waals surface area contributed by atoms with Gasteiger partial charge in [-0.3, -0.25) is 4.79 Å². The maximum absolute atomic E-state index is 12.4. The van der Waals surface area contributed by atoms with E-state index in [0.29, 0.717) is 18.1 Å². The van der Waals surface area contributed by atoms with Crippen molar-refractivity contribution in [2.45, 2.75) is 33.2 Å². The molecule has 2 aromatic rings. The number of benzene rings is 1. The number of amides is 1. The monoisotopic (exact) mass is 325 g/mol. The number of fused-ring (bicyclic) bond motifs is 1. The average Bonchev–Trinajstić information content (AvgIpc) is 2.89. The summed E-state index contributed by atoms with van der Waals surface area (Å²) < 4.78 is 1.07. The molecule has 0 saturated heterocycles. The highest BCUT2D eigenvalue weighted by atomic mass is 35.5. The molecule has 0 spiro atoms. The Morgan fingerprint density at radius 2 is 2.14 bits per heavy atom. The van der Waals surface area contributed by atoms with Crippen LogP contribution in [0.3, 0.4) is 0 Å². The predicted molar refractivity (Wildman–Crippen MR) is 88.5 cm³/mol. The average molecular weight is 326 g/mol. The van der Waals surface area contributed by atoms with E-state index in [0.717, 1.165) is 28.1 Å². The number of nitrogens with zero attached hydrogens (tertiary/aromatic N) is 1. The quantitative estimate of drug-likeness (QED) is 0.856. The Labute approximate surface area is 133 Å². The molecule has 3 N–H and O–H groups in total. The minimum atomic E-state index is -0.472. The van der Waals surface area contributed by atoms with Crippen molar-refractivity contribution in [1.82, 2.24) is 10.3 Å². The second-order valence-electron chi connectivity index (χ2n) is 5.09. The van der Waals surface area contributed by atoms with E-state index in [-0.39, 0.29) is 5.91 Å². The highest BCUT2D eigenvalue weighted by Gasteiger charge is 2.33. The van der Waals surface area contributed by atoms with Crippen molar-refractivity contribution >= 4 is 39.1 Å². The lowest BCUT2D eigenvalue weighted by atomic mass is 9.81. The molecular formula is C15H20ClN3OS. The highest BCUT2D eigenvalue weighted by Crippen LogP contribution is 2.27. The first-order chi connectivity index (χ1) is 10.0. The molecule has 0 saturated carbocycles. The molecule has 1 aromatic heterocycles. The van der Waals surface area contributed by atoms with E-state index in [9.17, 15) is 4.79 Å². The van der Waals surface area contributed by atoms with Gasteiger partial charge in [-0.05, 0) is 31.0 Å². The smallest absolute Gasteiger partial charge is 0.227 e. The summed E-state index contributed by atoms with van der Waals surface area (Å²) >= 11 is 7.52. The highest BCUT2D eigenvalue weighted by molar-refractivity contribution is 7.18. The lowest BCUT2D eigenvalue weighted by molar-refractivity contribution is -0.131. The standard InChI is InChI=1S/C15H20ClN3OS/c1-3-15(4-2,9-17)14(20)18-8-13-19-11-7-10(16)5-6-12(11)21-13/h5-7H,3-4,8-9,17H2,1-2H3,(H,18,20). The number of hydrogen-bond donors (Lipinski definition) is 2. The third-order valence-corrected chi connectivity index (χ3v) is 5.29. The summed E-state index contributed by atoms with van der Waals surface area (Å²) in [6, 6.07) is 5.63. The number of nitrogens with one attached hydrogen (secondary N) is 1. The molecule has 114 valence electrons. The Hall–Kier alpha value is -1.17. The maximum Gasteiger partial charge on any atom is 0.227 e. The van der Waals surface area contributed by atoms with E-state index < -0.39 is 5.41 Å². The molecule has 0 bridgehead atoms. The maximum atomic E-state index is 12.4. The van der Waals surface area contributed by atoms with Crippen LogP contribution in [-0.4, -0.2) is 17.4 Å². The molecule has 0 atom stereocenters. The molecule has 1 heterocycles. The molecule has 0 aliphatic heterocycles. The van der Waals surface area contributed by atoms with Crippen LogP contribution in [0.2, 0.25) is 5.02 Å². The number of nitrogens with two attached hydrogens (primary N) is 1. The van der Waals surface area contributed by atoms with Gasteiger partial charge >= 0.3 is 0 Å². The summed E-state index contributed by atoms with van der Waals surface area (Å²) in [4.78, 5) is 16.9. The van der Waals surface area contributed by atoms with Crippen molar-refractivity contribution < 1.29 is 4.79 Å². The van der Waals surface area contributed by atoms with Crippen LogP contribution in [0, 0.1) is 5.41 Å². The van der Waals surface area contributed by atoms with E-state index in [1.165, 1.54) is 0 Å². The zero-order chi connectivity index (χ0) is 15.5. The molecule has 0 aliphatic rings. The SMILES string of the molecule is CCC(CC)(CN)C(=O)NCc1nc2cc(Cl)ccc2s1. The summed E-state index contributed by atoms with van der Waals surface area (Å²) in [5, 5.41) is 4.51. The number of hydrogen-bond acceptors (Lipinski definition) is 4. The molecule has 4 nitrogen and oxygen atoms in total. The molecule has 1 aromatic carbocycles. The Balaban J connectivity index is 2.09. The van der Waals surface area contributed by atoms with Crippen LogP contribution in [0.15, 0.2) is 18.2 Å². The second kappa shape index (κ2) is 6.73. The van der Waals surface area contributed by atoms with Crippen LogP contribution in [0.25, 0.3) is 10.2 Å². The Bertz CT molecular complexity index is 629. The van der Waals surface area contributed by atoms with Crippen LogP contribution in [0.4, 0.5) is 0 Å². The number of aromatic nitrogens is 1. The summed E-state index contributed by atoms with van der Waals surface area (Å²) in [6.07, 6.45) is 1.47. The minimum absolute atomic E-state index is 0.00675. The Morgan fingerprint density at radius 3 is 2.76 bits per heavy atom. The van der Waals surface area contributed by atoms with Gasteiger partial charge in [0.25, 0.3) is 0 Å². The van der Waals surface area contributed by atoms with E-state index in [1.807, 2.05) is 32.0 Å². The van der Waals surface area contributed by atoms with Gasteiger partial charge in [0.2, 0.25) is 5.91 Å². The first-order valence-corrected chi connectivity index (χ1v) is 8.27. The van der Waals surface area contributed by atoms with E-state index in [2.05, 4.69) is 10.3 Å². The molecule has 6 heteroatoms. The fourth-order valence-corrected chi connectivity index (χ4v) is 3.37. The molecule has 2 rings (SSSR count). The van der Waals surface area contributed by atoms with Crippen LogP contribution < -0.4 is 11.1 Å². The molecule has 0 radical (unpaired) electrons. The van der Waals surface area contributed by atoms with Crippen LogP contribution in [0.1, 0.15) is 31.7 Å². The predicted octanol–water partition coefficient (Wildman–Crippen LogP) is 3.33. The normalized spacial score (nSPS) is 11.8. The lowest BCUT2D eigenvalue weighted by Gasteiger charge is -2.28. The first kappa shape index (κ1) is 16.2. The Kier molecular flexibility index (Phi) is 5.19. The van der Waals surface area contributed by atoms with E-state index >= 15 is 0 Å².